The molecule has 47 heavy (non-hydrogen) atoms. The number of benzene rings is 4. The van der Waals surface area contributed by atoms with Crippen LogP contribution in [0.4, 0.5) is 0 Å². The predicted octanol–water partition coefficient (Wildman–Crippen LogP) is 6.85. The Morgan fingerprint density at radius 1 is 0.723 bits per heavy atom. The largest absolute Gasteiger partial charge is 0.476 e. The number of carbonyl (C=O) groups excluding carboxylic acids is 1. The zero-order valence-electron chi connectivity index (χ0n) is 27.6. The average molecular weight is 625 g/mol. The minimum atomic E-state index is -0.0655. The molecule has 2 N–H and O–H groups in total. The Hall–Kier alpha value is -4.22. The number of fused-ring (bicyclic) bond motifs is 8. The Labute approximate surface area is 278 Å². The van der Waals surface area contributed by atoms with Crippen LogP contribution in [0, 0.1) is 13.8 Å². The number of nitrogens with zero attached hydrogens (tertiary/aromatic N) is 1. The fourth-order valence-electron chi connectivity index (χ4n) is 10.0. The second-order valence-corrected chi connectivity index (χ2v) is 14.1. The monoisotopic (exact) mass is 624 g/mol. The quantitative estimate of drug-likeness (QED) is 0.261. The smallest absolute Gasteiger partial charge is 0.251 e. The molecule has 0 fully saturated rings. The summed E-state index contributed by atoms with van der Waals surface area (Å²) in [6, 6.07) is 26.2. The number of amides is 1. The van der Waals surface area contributed by atoms with E-state index in [4.69, 9.17) is 9.84 Å². The van der Waals surface area contributed by atoms with Crippen LogP contribution in [-0.4, -0.2) is 43.2 Å². The molecule has 0 saturated carbocycles. The van der Waals surface area contributed by atoms with Gasteiger partial charge in [0, 0.05) is 28.5 Å². The van der Waals surface area contributed by atoms with Crippen molar-refractivity contribution in [3.8, 4) is 0 Å². The number of rotatable bonds is 4. The van der Waals surface area contributed by atoms with Crippen LogP contribution in [0.3, 0.4) is 0 Å². The summed E-state index contributed by atoms with van der Waals surface area (Å²) in [4.78, 5) is 17.3. The molecule has 4 aromatic rings. The fraction of sp³-hybridized carbons (Fsp3) is 0.381. The number of aliphatic imine (C=N–C) groups is 1. The van der Waals surface area contributed by atoms with Gasteiger partial charge in [-0.25, -0.2) is 4.99 Å². The van der Waals surface area contributed by atoms with Crippen molar-refractivity contribution in [3.63, 3.8) is 0 Å². The van der Waals surface area contributed by atoms with Crippen LogP contribution in [-0.2, 0) is 41.3 Å². The van der Waals surface area contributed by atoms with Crippen LogP contribution in [0.25, 0.3) is 0 Å². The molecule has 2 spiro atoms. The molecule has 5 nitrogen and oxygen atoms in total. The van der Waals surface area contributed by atoms with E-state index in [9.17, 15) is 4.79 Å². The molecular formula is C42H44N2O3. The normalized spacial score (nSPS) is 22.7. The van der Waals surface area contributed by atoms with E-state index in [0.29, 0.717) is 6.54 Å². The first-order chi connectivity index (χ1) is 23.0. The van der Waals surface area contributed by atoms with Crippen LogP contribution in [0.2, 0.25) is 0 Å². The Balaban J connectivity index is 0.000000138. The molecule has 2 atom stereocenters. The summed E-state index contributed by atoms with van der Waals surface area (Å²) in [7, 11) is 0. The van der Waals surface area contributed by atoms with Crippen molar-refractivity contribution in [2.45, 2.75) is 76.0 Å². The standard InChI is InChI=1S/C21H23NO2.C21H21NO/c1-14-4-2-5-15-8-10-21(18(14)15)11-9-16-6-3-7-17(19(16)21)20(24)22-12-13-23;1-14-4-2-5-15-8-10-21(18(14)15)11-9-16-6-3-7-17(19(16)21)20-22-12-13-23-20/h2-7,23H,8-13H2,1H3,(H,22,24);2-7H,8-13H2,1H3/t2*21-/m00/s1. The van der Waals surface area contributed by atoms with Crippen LogP contribution < -0.4 is 5.32 Å². The lowest BCUT2D eigenvalue weighted by Gasteiger charge is -2.30. The molecule has 0 aromatic heterocycles. The van der Waals surface area contributed by atoms with E-state index in [1.807, 2.05) is 12.1 Å². The number of aliphatic hydroxyl groups is 1. The SMILES string of the molecule is Cc1cccc2c1[C@]1(CC2)CCc2cccc(C(=O)NCCO)c21.Cc1cccc2c1[C@]1(CC2)CCc2cccc(C3=NCCO3)c21. The van der Waals surface area contributed by atoms with Gasteiger partial charge in [-0.2, -0.15) is 0 Å². The lowest BCUT2D eigenvalue weighted by Crippen LogP contribution is -2.31. The molecule has 5 aliphatic rings. The van der Waals surface area contributed by atoms with Gasteiger partial charge in [0.05, 0.1) is 13.2 Å². The molecule has 240 valence electrons. The van der Waals surface area contributed by atoms with E-state index in [2.05, 4.69) is 84.8 Å². The molecular weight excluding hydrogens is 580 g/mol. The maximum absolute atomic E-state index is 12.7. The minimum Gasteiger partial charge on any atom is -0.476 e. The first kappa shape index (κ1) is 30.1. The third-order valence-corrected chi connectivity index (χ3v) is 11.7. The summed E-state index contributed by atoms with van der Waals surface area (Å²) in [6.07, 6.45) is 9.11. The van der Waals surface area contributed by atoms with E-state index < -0.39 is 0 Å². The number of nitrogens with one attached hydrogen (secondary N) is 1. The van der Waals surface area contributed by atoms with Crippen molar-refractivity contribution < 1.29 is 14.6 Å². The van der Waals surface area contributed by atoms with Gasteiger partial charge in [0.15, 0.2) is 0 Å². The molecule has 4 aromatic carbocycles. The molecule has 4 aliphatic carbocycles. The van der Waals surface area contributed by atoms with Gasteiger partial charge in [0.2, 0.25) is 5.90 Å². The zero-order valence-corrected chi connectivity index (χ0v) is 27.6. The molecule has 0 unspecified atom stereocenters. The zero-order chi connectivity index (χ0) is 32.2. The Kier molecular flexibility index (Phi) is 7.56. The van der Waals surface area contributed by atoms with Crippen molar-refractivity contribution in [1.29, 1.82) is 0 Å². The summed E-state index contributed by atoms with van der Waals surface area (Å²) in [6.45, 7) is 6.25. The molecule has 1 heterocycles. The van der Waals surface area contributed by atoms with Crippen molar-refractivity contribution in [2.75, 3.05) is 26.3 Å². The van der Waals surface area contributed by atoms with E-state index in [-0.39, 0.29) is 23.3 Å². The van der Waals surface area contributed by atoms with E-state index in [0.717, 1.165) is 50.3 Å². The Bertz CT molecular complexity index is 1920. The number of ether oxygens (including phenoxy) is 1. The van der Waals surface area contributed by atoms with E-state index in [1.165, 1.54) is 75.8 Å². The third kappa shape index (κ3) is 4.69. The Morgan fingerprint density at radius 3 is 1.79 bits per heavy atom. The first-order valence-corrected chi connectivity index (χ1v) is 17.5. The highest BCUT2D eigenvalue weighted by atomic mass is 16.5. The molecule has 9 rings (SSSR count). The van der Waals surface area contributed by atoms with Gasteiger partial charge in [0.1, 0.15) is 6.61 Å². The predicted molar refractivity (Wildman–Crippen MR) is 187 cm³/mol. The molecule has 1 aliphatic heterocycles. The third-order valence-electron chi connectivity index (χ3n) is 11.7. The summed E-state index contributed by atoms with van der Waals surface area (Å²) in [5.74, 6) is 0.800. The summed E-state index contributed by atoms with van der Waals surface area (Å²) >= 11 is 0. The van der Waals surface area contributed by atoms with Crippen LogP contribution in [0.1, 0.15) is 97.2 Å². The van der Waals surface area contributed by atoms with Gasteiger partial charge in [-0.05, 0) is 133 Å². The van der Waals surface area contributed by atoms with Crippen molar-refractivity contribution >= 4 is 11.8 Å². The van der Waals surface area contributed by atoms with Gasteiger partial charge in [0.25, 0.3) is 5.91 Å². The number of carbonyl (C=O) groups is 1. The highest BCUT2D eigenvalue weighted by molar-refractivity contribution is 5.98. The second kappa shape index (κ2) is 11.8. The second-order valence-electron chi connectivity index (χ2n) is 14.1. The van der Waals surface area contributed by atoms with Crippen molar-refractivity contribution in [1.82, 2.24) is 5.32 Å². The van der Waals surface area contributed by atoms with Crippen LogP contribution >= 0.6 is 0 Å². The van der Waals surface area contributed by atoms with Gasteiger partial charge in [-0.15, -0.1) is 0 Å². The number of aryl methyl sites for hydroxylation is 6. The van der Waals surface area contributed by atoms with Gasteiger partial charge >= 0.3 is 0 Å². The molecule has 0 bridgehead atoms. The number of aliphatic hydroxyl groups excluding tert-OH is 1. The highest BCUT2D eigenvalue weighted by Gasteiger charge is 2.48. The fourth-order valence-corrected chi connectivity index (χ4v) is 10.0. The molecule has 0 radical (unpaired) electrons. The lowest BCUT2D eigenvalue weighted by atomic mass is 9.73. The van der Waals surface area contributed by atoms with E-state index in [1.54, 1.807) is 11.1 Å². The average Bonchev–Trinajstić information content (AvgIpc) is 3.93. The number of hydrogen-bond acceptors (Lipinski definition) is 4. The maximum Gasteiger partial charge on any atom is 0.251 e. The summed E-state index contributed by atoms with van der Waals surface area (Å²) in [5, 5.41) is 11.8. The molecule has 1 amide bonds. The van der Waals surface area contributed by atoms with Gasteiger partial charge in [-0.3, -0.25) is 4.79 Å². The van der Waals surface area contributed by atoms with E-state index >= 15 is 0 Å². The molecule has 5 heteroatoms. The molecule has 0 saturated heterocycles. The minimum absolute atomic E-state index is 0.0108. The van der Waals surface area contributed by atoms with Crippen LogP contribution in [0.15, 0.2) is 77.8 Å². The van der Waals surface area contributed by atoms with Crippen LogP contribution in [0.5, 0.6) is 0 Å². The summed E-state index contributed by atoms with van der Waals surface area (Å²) < 4.78 is 5.84. The summed E-state index contributed by atoms with van der Waals surface area (Å²) in [5.41, 5.74) is 16.5. The topological polar surface area (TPSA) is 70.9 Å². The van der Waals surface area contributed by atoms with Gasteiger partial charge in [-0.1, -0.05) is 60.7 Å². The maximum atomic E-state index is 12.7. The number of hydrogen-bond donors (Lipinski definition) is 2. The first-order valence-electron chi connectivity index (χ1n) is 17.5. The van der Waals surface area contributed by atoms with Crippen molar-refractivity contribution in [3.05, 3.63) is 140 Å². The van der Waals surface area contributed by atoms with Crippen molar-refractivity contribution in [2.24, 2.45) is 4.99 Å². The highest BCUT2D eigenvalue weighted by Crippen LogP contribution is 2.55. The Morgan fingerprint density at radius 2 is 1.23 bits per heavy atom. The lowest BCUT2D eigenvalue weighted by molar-refractivity contribution is 0.0942. The van der Waals surface area contributed by atoms with Gasteiger partial charge < -0.3 is 15.2 Å².